The molecular formula is C14H21NO2. The summed E-state index contributed by atoms with van der Waals surface area (Å²) in [4.78, 5) is 0. The third-order valence-corrected chi connectivity index (χ3v) is 3.50. The van der Waals surface area contributed by atoms with Crippen LogP contribution in [0.4, 0.5) is 0 Å². The summed E-state index contributed by atoms with van der Waals surface area (Å²) >= 11 is 0. The fourth-order valence-electron chi connectivity index (χ4n) is 2.16. The van der Waals surface area contributed by atoms with Gasteiger partial charge in [0, 0.05) is 25.6 Å². The molecule has 0 aliphatic heterocycles. The van der Waals surface area contributed by atoms with Gasteiger partial charge in [0.1, 0.15) is 5.75 Å². The average molecular weight is 235 g/mol. The van der Waals surface area contributed by atoms with Crippen molar-refractivity contribution in [3.05, 3.63) is 29.8 Å². The number of benzene rings is 1. The van der Waals surface area contributed by atoms with Gasteiger partial charge in [-0.3, -0.25) is 0 Å². The van der Waals surface area contributed by atoms with Gasteiger partial charge in [-0.15, -0.1) is 0 Å². The number of methoxy groups -OCH3 is 2. The summed E-state index contributed by atoms with van der Waals surface area (Å²) < 4.78 is 10.2. The van der Waals surface area contributed by atoms with Crippen molar-refractivity contribution < 1.29 is 9.47 Å². The second kappa shape index (κ2) is 5.52. The second-order valence-corrected chi connectivity index (χ2v) is 4.68. The Kier molecular flexibility index (Phi) is 4.02. The van der Waals surface area contributed by atoms with Gasteiger partial charge in [-0.1, -0.05) is 12.1 Å². The molecule has 0 heterocycles. The summed E-state index contributed by atoms with van der Waals surface area (Å²) in [7, 11) is 3.44. The minimum atomic E-state index is 0.361. The van der Waals surface area contributed by atoms with Crippen LogP contribution in [0.5, 0.6) is 5.75 Å². The molecule has 94 valence electrons. The zero-order valence-corrected chi connectivity index (χ0v) is 10.7. The molecule has 0 aromatic heterocycles. The Morgan fingerprint density at radius 2 is 1.88 bits per heavy atom. The molecule has 2 rings (SSSR count). The Labute approximate surface area is 103 Å². The average Bonchev–Trinajstić information content (AvgIpc) is 3.16. The first-order valence-corrected chi connectivity index (χ1v) is 6.15. The smallest absolute Gasteiger partial charge is 0.118 e. The Bertz CT molecular complexity index is 344. The van der Waals surface area contributed by atoms with Gasteiger partial charge in [0.25, 0.3) is 0 Å². The van der Waals surface area contributed by atoms with E-state index >= 15 is 0 Å². The van der Waals surface area contributed by atoms with Crippen LogP contribution >= 0.6 is 0 Å². The van der Waals surface area contributed by atoms with Crippen molar-refractivity contribution in [2.24, 2.45) is 0 Å². The van der Waals surface area contributed by atoms with E-state index in [2.05, 4.69) is 17.4 Å². The van der Waals surface area contributed by atoms with Crippen molar-refractivity contribution in [2.75, 3.05) is 33.9 Å². The van der Waals surface area contributed by atoms with Crippen LogP contribution in [0.3, 0.4) is 0 Å². The van der Waals surface area contributed by atoms with E-state index in [0.29, 0.717) is 5.41 Å². The van der Waals surface area contributed by atoms with E-state index in [9.17, 15) is 0 Å². The topological polar surface area (TPSA) is 30.5 Å². The Morgan fingerprint density at radius 3 is 2.41 bits per heavy atom. The summed E-state index contributed by atoms with van der Waals surface area (Å²) in [6, 6.07) is 8.46. The lowest BCUT2D eigenvalue weighted by atomic mass is 9.96. The van der Waals surface area contributed by atoms with Crippen LogP contribution in [0.1, 0.15) is 18.4 Å². The van der Waals surface area contributed by atoms with Crippen LogP contribution in [0.15, 0.2) is 24.3 Å². The van der Waals surface area contributed by atoms with Gasteiger partial charge in [-0.2, -0.15) is 0 Å². The molecule has 0 atom stereocenters. The summed E-state index contributed by atoms with van der Waals surface area (Å²) in [5, 5.41) is 3.46. The van der Waals surface area contributed by atoms with Crippen molar-refractivity contribution in [3.8, 4) is 5.75 Å². The zero-order valence-electron chi connectivity index (χ0n) is 10.7. The standard InChI is InChI=1S/C14H21NO2/c1-16-10-9-15-11-14(7-8-14)12-3-5-13(17-2)6-4-12/h3-6,15H,7-11H2,1-2H3. The molecule has 0 spiro atoms. The first kappa shape index (κ1) is 12.4. The van der Waals surface area contributed by atoms with E-state index < -0.39 is 0 Å². The van der Waals surface area contributed by atoms with Crippen LogP contribution in [0.25, 0.3) is 0 Å². The van der Waals surface area contributed by atoms with Crippen molar-refractivity contribution in [3.63, 3.8) is 0 Å². The van der Waals surface area contributed by atoms with Gasteiger partial charge in [-0.05, 0) is 30.5 Å². The first-order valence-electron chi connectivity index (χ1n) is 6.15. The Balaban J connectivity index is 1.90. The number of hydrogen-bond acceptors (Lipinski definition) is 3. The highest BCUT2D eigenvalue weighted by molar-refractivity contribution is 5.36. The number of nitrogens with one attached hydrogen (secondary N) is 1. The lowest BCUT2D eigenvalue weighted by molar-refractivity contribution is 0.198. The van der Waals surface area contributed by atoms with E-state index in [-0.39, 0.29) is 0 Å². The summed E-state index contributed by atoms with van der Waals surface area (Å²) in [5.74, 6) is 0.928. The minimum absolute atomic E-state index is 0.361. The minimum Gasteiger partial charge on any atom is -0.497 e. The normalized spacial score (nSPS) is 16.8. The molecule has 1 N–H and O–H groups in total. The molecule has 0 bridgehead atoms. The molecule has 1 aliphatic carbocycles. The van der Waals surface area contributed by atoms with Gasteiger partial charge >= 0.3 is 0 Å². The maximum Gasteiger partial charge on any atom is 0.118 e. The Morgan fingerprint density at radius 1 is 1.18 bits per heavy atom. The summed E-state index contributed by atoms with van der Waals surface area (Å²) in [6.07, 6.45) is 2.55. The largest absolute Gasteiger partial charge is 0.497 e. The van der Waals surface area contributed by atoms with Crippen molar-refractivity contribution in [1.82, 2.24) is 5.32 Å². The second-order valence-electron chi connectivity index (χ2n) is 4.68. The van der Waals surface area contributed by atoms with E-state index in [1.807, 2.05) is 12.1 Å². The summed E-state index contributed by atoms with van der Waals surface area (Å²) in [6.45, 7) is 2.75. The van der Waals surface area contributed by atoms with E-state index in [0.717, 1.165) is 25.4 Å². The fourth-order valence-corrected chi connectivity index (χ4v) is 2.16. The highest BCUT2D eigenvalue weighted by Crippen LogP contribution is 2.47. The number of rotatable bonds is 7. The highest BCUT2D eigenvalue weighted by Gasteiger charge is 2.43. The van der Waals surface area contributed by atoms with Crippen molar-refractivity contribution >= 4 is 0 Å². The van der Waals surface area contributed by atoms with Gasteiger partial charge in [0.2, 0.25) is 0 Å². The number of ether oxygens (including phenoxy) is 2. The molecule has 1 saturated carbocycles. The van der Waals surface area contributed by atoms with Crippen LogP contribution in [0.2, 0.25) is 0 Å². The molecule has 1 aromatic carbocycles. The van der Waals surface area contributed by atoms with Crippen molar-refractivity contribution in [1.29, 1.82) is 0 Å². The molecule has 0 unspecified atom stereocenters. The fraction of sp³-hybridized carbons (Fsp3) is 0.571. The maximum absolute atomic E-state index is 5.18. The Hall–Kier alpha value is -1.06. The lowest BCUT2D eigenvalue weighted by Crippen LogP contribution is -2.29. The lowest BCUT2D eigenvalue weighted by Gasteiger charge is -2.17. The molecule has 1 fully saturated rings. The summed E-state index contributed by atoms with van der Waals surface area (Å²) in [5.41, 5.74) is 1.78. The zero-order chi connectivity index (χ0) is 12.1. The molecule has 17 heavy (non-hydrogen) atoms. The van der Waals surface area contributed by atoms with Gasteiger partial charge in [0.05, 0.1) is 13.7 Å². The predicted octanol–water partition coefficient (Wildman–Crippen LogP) is 1.96. The van der Waals surface area contributed by atoms with Crippen molar-refractivity contribution in [2.45, 2.75) is 18.3 Å². The van der Waals surface area contributed by atoms with Gasteiger partial charge < -0.3 is 14.8 Å². The van der Waals surface area contributed by atoms with E-state index in [4.69, 9.17) is 9.47 Å². The maximum atomic E-state index is 5.18. The monoisotopic (exact) mass is 235 g/mol. The van der Waals surface area contributed by atoms with Crippen LogP contribution in [-0.2, 0) is 10.2 Å². The SMILES string of the molecule is COCCNCC1(c2ccc(OC)cc2)CC1. The molecule has 0 radical (unpaired) electrons. The molecule has 1 aliphatic rings. The van der Waals surface area contributed by atoms with Crippen LogP contribution in [0, 0.1) is 0 Å². The number of hydrogen-bond donors (Lipinski definition) is 1. The molecule has 1 aromatic rings. The third kappa shape index (κ3) is 2.99. The van der Waals surface area contributed by atoms with Crippen LogP contribution in [-0.4, -0.2) is 33.9 Å². The predicted molar refractivity (Wildman–Crippen MR) is 68.7 cm³/mol. The quantitative estimate of drug-likeness (QED) is 0.733. The van der Waals surface area contributed by atoms with E-state index in [1.54, 1.807) is 14.2 Å². The third-order valence-electron chi connectivity index (χ3n) is 3.50. The van der Waals surface area contributed by atoms with Gasteiger partial charge in [-0.25, -0.2) is 0 Å². The van der Waals surface area contributed by atoms with E-state index in [1.165, 1.54) is 18.4 Å². The first-order chi connectivity index (χ1) is 8.30. The molecule has 3 heteroatoms. The van der Waals surface area contributed by atoms with Crippen LogP contribution < -0.4 is 10.1 Å². The molecule has 3 nitrogen and oxygen atoms in total. The molecule has 0 saturated heterocycles. The van der Waals surface area contributed by atoms with Gasteiger partial charge in [0.15, 0.2) is 0 Å². The molecule has 0 amide bonds. The highest BCUT2D eigenvalue weighted by atomic mass is 16.5. The molecular weight excluding hydrogens is 214 g/mol.